The van der Waals surface area contributed by atoms with Gasteiger partial charge in [0.15, 0.2) is 11.5 Å². The van der Waals surface area contributed by atoms with Crippen LogP contribution in [0.1, 0.15) is 37.7 Å². The van der Waals surface area contributed by atoms with Crippen LogP contribution in [0.3, 0.4) is 0 Å². The minimum absolute atomic E-state index is 0.0872. The predicted molar refractivity (Wildman–Crippen MR) is 111 cm³/mol. The molecule has 0 unspecified atom stereocenters. The molecule has 2 amide bonds. The van der Waals surface area contributed by atoms with Crippen molar-refractivity contribution in [2.45, 2.75) is 44.7 Å². The fraction of sp³-hybridized carbons (Fsp3) is 0.524. The molecule has 2 heterocycles. The molecule has 1 aliphatic carbocycles. The number of carbonyl (C=O) groups excluding carboxylic acids is 1. The smallest absolute Gasteiger partial charge is 0.317 e. The summed E-state index contributed by atoms with van der Waals surface area (Å²) in [5.74, 6) is 1.36. The van der Waals surface area contributed by atoms with Crippen LogP contribution in [0.15, 0.2) is 18.2 Å². The highest BCUT2D eigenvalue weighted by Gasteiger charge is 2.22. The van der Waals surface area contributed by atoms with Gasteiger partial charge in [-0.15, -0.1) is 0 Å². The van der Waals surface area contributed by atoms with Gasteiger partial charge in [-0.1, -0.05) is 30.9 Å². The van der Waals surface area contributed by atoms with Crippen molar-refractivity contribution < 1.29 is 19.0 Å². The van der Waals surface area contributed by atoms with Gasteiger partial charge in [-0.25, -0.2) is 9.78 Å². The van der Waals surface area contributed by atoms with Crippen LogP contribution >= 0.6 is 11.6 Å². The molecule has 0 atom stereocenters. The van der Waals surface area contributed by atoms with E-state index in [1.54, 1.807) is 12.0 Å². The van der Waals surface area contributed by atoms with Gasteiger partial charge in [0.2, 0.25) is 6.79 Å². The normalized spacial score (nSPS) is 16.2. The van der Waals surface area contributed by atoms with Crippen molar-refractivity contribution in [2.24, 2.45) is 0 Å². The molecule has 1 aromatic heterocycles. The van der Waals surface area contributed by atoms with E-state index in [4.69, 9.17) is 25.8 Å². The lowest BCUT2D eigenvalue weighted by molar-refractivity contribution is 0.143. The van der Waals surface area contributed by atoms with Crippen molar-refractivity contribution in [1.82, 2.24) is 15.2 Å². The van der Waals surface area contributed by atoms with Gasteiger partial charge in [0.1, 0.15) is 5.15 Å². The topological polar surface area (TPSA) is 72.9 Å². The summed E-state index contributed by atoms with van der Waals surface area (Å²) in [6.45, 7) is 1.50. The van der Waals surface area contributed by atoms with Crippen molar-refractivity contribution in [3.8, 4) is 11.5 Å². The Hall–Kier alpha value is -2.25. The minimum atomic E-state index is -0.0872. The lowest BCUT2D eigenvalue weighted by Gasteiger charge is -2.28. The summed E-state index contributed by atoms with van der Waals surface area (Å²) in [7, 11) is 1.63. The number of fused-ring (bicyclic) bond motifs is 2. The number of hydrogen-bond donors (Lipinski definition) is 1. The van der Waals surface area contributed by atoms with Gasteiger partial charge >= 0.3 is 6.03 Å². The summed E-state index contributed by atoms with van der Waals surface area (Å²) >= 11 is 6.46. The molecule has 0 radical (unpaired) electrons. The highest BCUT2D eigenvalue weighted by Crippen LogP contribution is 2.36. The minimum Gasteiger partial charge on any atom is -0.454 e. The Morgan fingerprint density at radius 3 is 2.76 bits per heavy atom. The van der Waals surface area contributed by atoms with E-state index in [0.29, 0.717) is 36.3 Å². The van der Waals surface area contributed by atoms with E-state index in [9.17, 15) is 4.79 Å². The first kappa shape index (κ1) is 20.0. The Balaban J connectivity index is 1.54. The highest BCUT2D eigenvalue weighted by molar-refractivity contribution is 6.30. The van der Waals surface area contributed by atoms with E-state index in [-0.39, 0.29) is 18.9 Å². The van der Waals surface area contributed by atoms with E-state index < -0.39 is 0 Å². The first-order chi connectivity index (χ1) is 14.1. The third-order valence-corrected chi connectivity index (χ3v) is 5.81. The van der Waals surface area contributed by atoms with Crippen LogP contribution in [0.25, 0.3) is 10.9 Å². The summed E-state index contributed by atoms with van der Waals surface area (Å²) in [6.07, 6.45) is 5.65. The largest absolute Gasteiger partial charge is 0.454 e. The van der Waals surface area contributed by atoms with Crippen molar-refractivity contribution >= 4 is 28.5 Å². The molecule has 29 heavy (non-hydrogen) atoms. The van der Waals surface area contributed by atoms with Crippen LogP contribution in [-0.4, -0.2) is 49.0 Å². The highest BCUT2D eigenvalue weighted by atomic mass is 35.5. The Labute approximate surface area is 175 Å². The molecule has 4 rings (SSSR count). The van der Waals surface area contributed by atoms with Gasteiger partial charge in [0, 0.05) is 36.7 Å². The molecule has 1 aliphatic heterocycles. The SMILES string of the molecule is COCCN(Cc1cc2cc3c(cc2nc1Cl)OCO3)C(=O)NC1CCCCC1. The summed E-state index contributed by atoms with van der Waals surface area (Å²) in [4.78, 5) is 19.1. The number of benzene rings is 1. The van der Waals surface area contributed by atoms with Gasteiger partial charge in [-0.3, -0.25) is 0 Å². The van der Waals surface area contributed by atoms with E-state index in [0.717, 1.165) is 29.3 Å². The average Bonchev–Trinajstić information content (AvgIpc) is 3.17. The second kappa shape index (κ2) is 9.05. The summed E-state index contributed by atoms with van der Waals surface area (Å²) in [6, 6.07) is 5.83. The Bertz CT molecular complexity index is 886. The molecule has 1 saturated carbocycles. The van der Waals surface area contributed by atoms with Crippen LogP contribution in [0, 0.1) is 0 Å². The Morgan fingerprint density at radius 1 is 1.24 bits per heavy atom. The lowest BCUT2D eigenvalue weighted by atomic mass is 9.96. The van der Waals surface area contributed by atoms with Gasteiger partial charge in [-0.2, -0.15) is 0 Å². The quantitative estimate of drug-likeness (QED) is 0.713. The molecule has 7 nitrogen and oxygen atoms in total. The van der Waals surface area contributed by atoms with Crippen LogP contribution in [0.5, 0.6) is 11.5 Å². The number of nitrogens with zero attached hydrogens (tertiary/aromatic N) is 2. The number of amides is 2. The summed E-state index contributed by atoms with van der Waals surface area (Å²) in [5, 5.41) is 4.45. The number of pyridine rings is 1. The predicted octanol–water partition coefficient (Wildman–Crippen LogP) is 4.11. The van der Waals surface area contributed by atoms with Crippen molar-refractivity contribution in [1.29, 1.82) is 0 Å². The molecule has 2 aliphatic rings. The molecule has 1 N–H and O–H groups in total. The number of aromatic nitrogens is 1. The van der Waals surface area contributed by atoms with Crippen LogP contribution in [-0.2, 0) is 11.3 Å². The maximum atomic E-state index is 12.9. The number of methoxy groups -OCH3 is 1. The Kier molecular flexibility index (Phi) is 6.25. The van der Waals surface area contributed by atoms with E-state index in [1.165, 1.54) is 19.3 Å². The second-order valence-corrected chi connectivity index (χ2v) is 7.89. The van der Waals surface area contributed by atoms with Gasteiger partial charge in [0.05, 0.1) is 18.7 Å². The number of ether oxygens (including phenoxy) is 3. The third-order valence-electron chi connectivity index (χ3n) is 5.48. The molecule has 8 heteroatoms. The van der Waals surface area contributed by atoms with Crippen LogP contribution < -0.4 is 14.8 Å². The van der Waals surface area contributed by atoms with E-state index in [2.05, 4.69) is 10.3 Å². The van der Waals surface area contributed by atoms with Gasteiger partial charge in [0.25, 0.3) is 0 Å². The fourth-order valence-electron chi connectivity index (χ4n) is 3.87. The van der Waals surface area contributed by atoms with Crippen LogP contribution in [0.2, 0.25) is 5.15 Å². The molecule has 1 aromatic carbocycles. The number of nitrogens with one attached hydrogen (secondary N) is 1. The molecule has 156 valence electrons. The number of hydrogen-bond acceptors (Lipinski definition) is 5. The zero-order valence-electron chi connectivity index (χ0n) is 16.6. The standard InChI is InChI=1S/C21H26ClN3O4/c1-27-8-7-25(21(26)23-16-5-3-2-4-6-16)12-15-9-14-10-18-19(29-13-28-18)11-17(14)24-20(15)22/h9-11,16H,2-8,12-13H2,1H3,(H,23,26). The van der Waals surface area contributed by atoms with Gasteiger partial charge < -0.3 is 24.4 Å². The van der Waals surface area contributed by atoms with Gasteiger partial charge in [-0.05, 0) is 25.0 Å². The molecule has 0 spiro atoms. The first-order valence-electron chi connectivity index (χ1n) is 10.1. The molecular formula is C21H26ClN3O4. The number of halogens is 1. The fourth-order valence-corrected chi connectivity index (χ4v) is 4.07. The monoisotopic (exact) mass is 419 g/mol. The molecule has 0 bridgehead atoms. The maximum Gasteiger partial charge on any atom is 0.317 e. The zero-order valence-corrected chi connectivity index (χ0v) is 17.3. The Morgan fingerprint density at radius 2 is 2.00 bits per heavy atom. The van der Waals surface area contributed by atoms with Crippen molar-refractivity contribution in [3.05, 3.63) is 28.9 Å². The van der Waals surface area contributed by atoms with Crippen molar-refractivity contribution in [3.63, 3.8) is 0 Å². The second-order valence-electron chi connectivity index (χ2n) is 7.54. The zero-order chi connectivity index (χ0) is 20.2. The van der Waals surface area contributed by atoms with E-state index in [1.807, 2.05) is 18.2 Å². The number of carbonyl (C=O) groups is 1. The van der Waals surface area contributed by atoms with Crippen LogP contribution in [0.4, 0.5) is 4.79 Å². The first-order valence-corrected chi connectivity index (χ1v) is 10.4. The number of rotatable bonds is 6. The summed E-state index contributed by atoms with van der Waals surface area (Å²) < 4.78 is 16.1. The molecule has 2 aromatic rings. The van der Waals surface area contributed by atoms with Crippen molar-refractivity contribution in [2.75, 3.05) is 27.1 Å². The van der Waals surface area contributed by atoms with E-state index >= 15 is 0 Å². The summed E-state index contributed by atoms with van der Waals surface area (Å²) in [5.41, 5.74) is 1.52. The third kappa shape index (κ3) is 4.67. The molecule has 0 saturated heterocycles. The maximum absolute atomic E-state index is 12.9. The average molecular weight is 420 g/mol. The molecular weight excluding hydrogens is 394 g/mol. The lowest BCUT2D eigenvalue weighted by Crippen LogP contribution is -2.46. The molecule has 1 fully saturated rings. The number of urea groups is 1.